The van der Waals surface area contributed by atoms with Crippen molar-refractivity contribution >= 4 is 68.0 Å². The number of aromatic nitrogens is 4. The Labute approximate surface area is 182 Å². The Morgan fingerprint density at radius 1 is 0.967 bits per heavy atom. The molecule has 0 aliphatic heterocycles. The van der Waals surface area contributed by atoms with Crippen molar-refractivity contribution < 1.29 is 10.2 Å². The van der Waals surface area contributed by atoms with Gasteiger partial charge in [0.15, 0.2) is 16.0 Å². The summed E-state index contributed by atoms with van der Waals surface area (Å²) in [6, 6.07) is 4.90. The summed E-state index contributed by atoms with van der Waals surface area (Å²) in [6.07, 6.45) is 2.80. The Morgan fingerprint density at radius 3 is 2.47 bits per heavy atom. The van der Waals surface area contributed by atoms with Crippen LogP contribution in [0.2, 0.25) is 10.2 Å². The number of benzene rings is 1. The fourth-order valence-corrected chi connectivity index (χ4v) is 3.28. The van der Waals surface area contributed by atoms with Gasteiger partial charge in [-0.1, -0.05) is 23.2 Å². The van der Waals surface area contributed by atoms with E-state index in [1.54, 1.807) is 12.3 Å². The van der Waals surface area contributed by atoms with Crippen molar-refractivity contribution in [2.24, 2.45) is 20.5 Å². The Balaban J connectivity index is 1.72. The van der Waals surface area contributed by atoms with E-state index in [-0.39, 0.29) is 44.4 Å². The molecule has 3 aromatic heterocycles. The number of pyridine rings is 1. The predicted molar refractivity (Wildman–Crippen MR) is 112 cm³/mol. The van der Waals surface area contributed by atoms with Gasteiger partial charge in [0.25, 0.3) is 0 Å². The van der Waals surface area contributed by atoms with E-state index in [9.17, 15) is 10.2 Å². The van der Waals surface area contributed by atoms with E-state index in [4.69, 9.17) is 23.2 Å². The van der Waals surface area contributed by atoms with E-state index in [0.29, 0.717) is 16.0 Å². The van der Waals surface area contributed by atoms with Gasteiger partial charge in [-0.25, -0.2) is 9.97 Å². The highest BCUT2D eigenvalue weighted by molar-refractivity contribution is 7.11. The summed E-state index contributed by atoms with van der Waals surface area (Å²) in [5.41, 5.74) is 1.54. The summed E-state index contributed by atoms with van der Waals surface area (Å²) in [6.45, 7) is 1.50. The van der Waals surface area contributed by atoms with Crippen molar-refractivity contribution in [1.82, 2.24) is 19.3 Å². The van der Waals surface area contributed by atoms with Gasteiger partial charge >= 0.3 is 0 Å². The van der Waals surface area contributed by atoms with Crippen LogP contribution in [0, 0.1) is 6.92 Å². The Bertz CT molecular complexity index is 1320. The van der Waals surface area contributed by atoms with Gasteiger partial charge < -0.3 is 10.2 Å². The van der Waals surface area contributed by atoms with Crippen LogP contribution in [0.1, 0.15) is 5.56 Å². The third-order valence-corrected chi connectivity index (χ3v) is 5.39. The number of hydrogen-bond donors (Lipinski definition) is 2. The minimum absolute atomic E-state index is 0.0161. The lowest BCUT2D eigenvalue weighted by molar-refractivity contribution is 0.445. The van der Waals surface area contributed by atoms with Crippen LogP contribution in [-0.2, 0) is 0 Å². The van der Waals surface area contributed by atoms with Gasteiger partial charge in [0, 0.05) is 17.8 Å². The zero-order valence-corrected chi connectivity index (χ0v) is 17.4. The number of phenols is 2. The minimum Gasteiger partial charge on any atom is -0.505 e. The molecule has 0 spiro atoms. The molecule has 0 unspecified atom stereocenters. The van der Waals surface area contributed by atoms with Gasteiger partial charge in [-0.2, -0.15) is 4.37 Å². The molecule has 4 aromatic rings. The first-order valence-corrected chi connectivity index (χ1v) is 9.74. The van der Waals surface area contributed by atoms with Gasteiger partial charge in [0.05, 0.1) is 0 Å². The van der Waals surface area contributed by atoms with Crippen LogP contribution in [-0.4, -0.2) is 29.5 Å². The molecule has 0 saturated heterocycles. The molecule has 0 amide bonds. The maximum atomic E-state index is 10.3. The predicted octanol–water partition coefficient (Wildman–Crippen LogP) is 6.34. The summed E-state index contributed by atoms with van der Waals surface area (Å²) < 4.78 is 4.24. The molecule has 2 N–H and O–H groups in total. The molecule has 0 atom stereocenters. The molecule has 0 fully saturated rings. The van der Waals surface area contributed by atoms with E-state index in [1.807, 2.05) is 6.07 Å². The lowest BCUT2D eigenvalue weighted by Crippen LogP contribution is -1.82. The number of nitrogens with zero attached hydrogens (tertiary/aromatic N) is 8. The van der Waals surface area contributed by atoms with E-state index in [0.717, 1.165) is 11.5 Å². The Kier molecular flexibility index (Phi) is 5.48. The quantitative estimate of drug-likeness (QED) is 0.268. The molecule has 4 rings (SSSR count). The van der Waals surface area contributed by atoms with Crippen LogP contribution in [0.4, 0.5) is 22.2 Å². The second kappa shape index (κ2) is 8.22. The molecule has 0 bridgehead atoms. The molecule has 0 radical (unpaired) electrons. The van der Waals surface area contributed by atoms with Crippen molar-refractivity contribution in [3.63, 3.8) is 0 Å². The number of hydrogen-bond acceptors (Lipinski definition) is 11. The lowest BCUT2D eigenvalue weighted by atomic mass is 10.1. The zero-order valence-electron chi connectivity index (χ0n) is 15.0. The van der Waals surface area contributed by atoms with Crippen molar-refractivity contribution in [3.8, 4) is 11.5 Å². The van der Waals surface area contributed by atoms with E-state index >= 15 is 0 Å². The maximum Gasteiger partial charge on any atom is 0.197 e. The van der Waals surface area contributed by atoms with E-state index in [1.165, 1.54) is 19.3 Å². The summed E-state index contributed by atoms with van der Waals surface area (Å²) in [5, 5.41) is 37.2. The number of azo groups is 2. The molecule has 0 aliphatic rings. The largest absolute Gasteiger partial charge is 0.505 e. The smallest absolute Gasteiger partial charge is 0.197 e. The number of phenolic OH excluding ortho intramolecular Hbond substituents is 2. The molecular formula is C17H10Cl2N8O2S. The summed E-state index contributed by atoms with van der Waals surface area (Å²) in [7, 11) is 0. The van der Waals surface area contributed by atoms with Gasteiger partial charge in [0.1, 0.15) is 45.3 Å². The second-order valence-corrected chi connectivity index (χ2v) is 7.29. The summed E-state index contributed by atoms with van der Waals surface area (Å²) in [4.78, 5) is 11.8. The van der Waals surface area contributed by atoms with E-state index < -0.39 is 0 Å². The average molecular weight is 461 g/mol. The first-order chi connectivity index (χ1) is 14.5. The highest BCUT2D eigenvalue weighted by atomic mass is 35.5. The highest BCUT2D eigenvalue weighted by Gasteiger charge is 2.15. The molecule has 0 aliphatic carbocycles. The molecule has 30 heavy (non-hydrogen) atoms. The third kappa shape index (κ3) is 3.77. The topological polar surface area (TPSA) is 141 Å². The zero-order chi connectivity index (χ0) is 21.3. The Morgan fingerprint density at radius 2 is 1.70 bits per heavy atom. The fraction of sp³-hybridized carbons (Fsp3) is 0.0588. The molecule has 10 nitrogen and oxygen atoms in total. The Hall–Kier alpha value is -3.28. The third-order valence-electron chi connectivity index (χ3n) is 3.92. The van der Waals surface area contributed by atoms with Gasteiger partial charge in [-0.3, -0.25) is 4.98 Å². The van der Waals surface area contributed by atoms with Crippen LogP contribution in [0.25, 0.3) is 11.0 Å². The monoisotopic (exact) mass is 460 g/mol. The second-order valence-electron chi connectivity index (χ2n) is 5.80. The van der Waals surface area contributed by atoms with Crippen LogP contribution in [0.15, 0.2) is 51.2 Å². The normalized spacial score (nSPS) is 11.8. The van der Waals surface area contributed by atoms with Crippen molar-refractivity contribution in [2.45, 2.75) is 6.92 Å². The number of rotatable bonds is 4. The van der Waals surface area contributed by atoms with Crippen LogP contribution in [0.5, 0.6) is 11.5 Å². The fourth-order valence-electron chi connectivity index (χ4n) is 2.36. The summed E-state index contributed by atoms with van der Waals surface area (Å²) >= 11 is 12.9. The number of fused-ring (bicyclic) bond motifs is 1. The molecule has 1 aromatic carbocycles. The molecular weight excluding hydrogens is 451 g/mol. The standard InChI is InChI=1S/C17H10Cl2N8O2S/c1-7-13(28)9(23-25-16-11(18)15(19)21-6-22-16)5-10(14(7)29)24-26-17-12-8(27-30-17)3-2-4-20-12/h2-6,28-29H,1H3/b25-23+,26-24+. The molecule has 0 saturated carbocycles. The average Bonchev–Trinajstić information content (AvgIpc) is 3.17. The van der Waals surface area contributed by atoms with Crippen LogP contribution >= 0.6 is 34.7 Å². The van der Waals surface area contributed by atoms with Gasteiger partial charge in [0.2, 0.25) is 0 Å². The van der Waals surface area contributed by atoms with Crippen LogP contribution in [0.3, 0.4) is 0 Å². The molecule has 13 heteroatoms. The van der Waals surface area contributed by atoms with Crippen LogP contribution < -0.4 is 0 Å². The summed E-state index contributed by atoms with van der Waals surface area (Å²) in [5.74, 6) is -0.511. The van der Waals surface area contributed by atoms with Crippen molar-refractivity contribution in [2.75, 3.05) is 0 Å². The highest BCUT2D eigenvalue weighted by Crippen LogP contribution is 2.44. The lowest BCUT2D eigenvalue weighted by Gasteiger charge is -2.07. The maximum absolute atomic E-state index is 10.3. The van der Waals surface area contributed by atoms with Crippen molar-refractivity contribution in [3.05, 3.63) is 46.5 Å². The van der Waals surface area contributed by atoms with E-state index in [2.05, 4.69) is 39.8 Å². The van der Waals surface area contributed by atoms with Crippen molar-refractivity contribution in [1.29, 1.82) is 0 Å². The molecule has 3 heterocycles. The number of halogens is 2. The van der Waals surface area contributed by atoms with Gasteiger partial charge in [-0.05, 0) is 30.6 Å². The minimum atomic E-state index is -0.281. The molecule has 150 valence electrons. The number of aromatic hydroxyl groups is 2. The SMILES string of the molecule is Cc1c(O)c(/N=N/c2ncnc(Cl)c2Cl)cc(/N=N/c2snc3cccnc23)c1O. The first-order valence-electron chi connectivity index (χ1n) is 8.21. The van der Waals surface area contributed by atoms with Gasteiger partial charge in [-0.15, -0.1) is 20.5 Å². The first kappa shape index (κ1) is 20.0.